The Morgan fingerprint density at radius 1 is 1.41 bits per heavy atom. The molecule has 1 aromatic heterocycles. The van der Waals surface area contributed by atoms with E-state index in [4.69, 9.17) is 16.7 Å². The summed E-state index contributed by atoms with van der Waals surface area (Å²) in [6.07, 6.45) is -8.30. The number of halogens is 6. The van der Waals surface area contributed by atoms with Crippen LogP contribution in [0.3, 0.4) is 0 Å². The lowest BCUT2D eigenvalue weighted by molar-refractivity contribution is -0.141. The van der Waals surface area contributed by atoms with Gasteiger partial charge in [-0.1, -0.05) is 11.6 Å². The van der Waals surface area contributed by atoms with Crippen molar-refractivity contribution in [3.8, 4) is 0 Å². The summed E-state index contributed by atoms with van der Waals surface area (Å²) >= 11 is 5.12. The maximum Gasteiger partial charge on any atom is 0.434 e. The van der Waals surface area contributed by atoms with E-state index in [1.807, 2.05) is 0 Å². The molecule has 0 aromatic carbocycles. The van der Waals surface area contributed by atoms with E-state index in [9.17, 15) is 26.7 Å². The van der Waals surface area contributed by atoms with Gasteiger partial charge in [0.25, 0.3) is 6.43 Å². The molecule has 3 nitrogen and oxygen atoms in total. The second-order valence-electron chi connectivity index (χ2n) is 2.87. The van der Waals surface area contributed by atoms with E-state index in [-0.39, 0.29) is 6.07 Å². The van der Waals surface area contributed by atoms with E-state index >= 15 is 0 Å². The summed E-state index contributed by atoms with van der Waals surface area (Å²) in [6.45, 7) is 0. The molecule has 1 heterocycles. The number of pyridine rings is 1. The molecule has 94 valence electrons. The maximum atomic E-state index is 12.3. The van der Waals surface area contributed by atoms with Gasteiger partial charge in [0, 0.05) is 0 Å². The van der Waals surface area contributed by atoms with Gasteiger partial charge in [-0.25, -0.2) is 18.6 Å². The van der Waals surface area contributed by atoms with Crippen LogP contribution in [0.15, 0.2) is 6.07 Å². The number of hydrogen-bond donors (Lipinski definition) is 1. The van der Waals surface area contributed by atoms with Gasteiger partial charge in [0.05, 0.1) is 11.1 Å². The number of carboxylic acid groups (broad SMARTS) is 1. The third-order valence-electron chi connectivity index (χ3n) is 1.74. The molecular weight excluding hydrogens is 273 g/mol. The van der Waals surface area contributed by atoms with Gasteiger partial charge < -0.3 is 5.11 Å². The molecular formula is C8H3ClF5NO2. The minimum atomic E-state index is -5.09. The molecule has 0 atom stereocenters. The average molecular weight is 276 g/mol. The Morgan fingerprint density at radius 3 is 2.29 bits per heavy atom. The van der Waals surface area contributed by atoms with Crippen molar-refractivity contribution < 1.29 is 31.9 Å². The van der Waals surface area contributed by atoms with Gasteiger partial charge in [-0.05, 0) is 6.07 Å². The minimum absolute atomic E-state index is 0.172. The van der Waals surface area contributed by atoms with Crippen molar-refractivity contribution in [1.82, 2.24) is 4.98 Å². The summed E-state index contributed by atoms with van der Waals surface area (Å²) in [5.41, 5.74) is -4.23. The van der Waals surface area contributed by atoms with Crippen LogP contribution in [0.25, 0.3) is 0 Å². The fraction of sp³-hybridized carbons (Fsp3) is 0.250. The zero-order valence-electron chi connectivity index (χ0n) is 7.73. The van der Waals surface area contributed by atoms with Gasteiger partial charge in [-0.15, -0.1) is 0 Å². The standard InChI is InChI=1S/C8H3ClF5NO2/c9-5-3(6(10)11)1-2(7(16)17)4(15-5)8(12,13)14/h1,6H,(H,16,17). The van der Waals surface area contributed by atoms with Crippen molar-refractivity contribution in [3.05, 3.63) is 28.0 Å². The monoisotopic (exact) mass is 275 g/mol. The van der Waals surface area contributed by atoms with Gasteiger partial charge >= 0.3 is 12.1 Å². The molecule has 0 spiro atoms. The van der Waals surface area contributed by atoms with Crippen molar-refractivity contribution in [2.45, 2.75) is 12.6 Å². The predicted molar refractivity (Wildman–Crippen MR) is 46.2 cm³/mol. The molecule has 0 radical (unpaired) electrons. The van der Waals surface area contributed by atoms with E-state index < -0.39 is 40.5 Å². The summed E-state index contributed by atoms with van der Waals surface area (Å²) in [5.74, 6) is -2.01. The Bertz CT molecular complexity index is 460. The molecule has 0 amide bonds. The lowest BCUT2D eigenvalue weighted by Gasteiger charge is -2.11. The summed E-state index contributed by atoms with van der Waals surface area (Å²) in [7, 11) is 0. The van der Waals surface area contributed by atoms with Crippen LogP contribution in [0.4, 0.5) is 22.0 Å². The Labute approximate surface area is 95.8 Å². The van der Waals surface area contributed by atoms with Gasteiger partial charge in [0.2, 0.25) is 0 Å². The second-order valence-corrected chi connectivity index (χ2v) is 3.23. The second kappa shape index (κ2) is 4.44. The highest BCUT2D eigenvalue weighted by atomic mass is 35.5. The number of rotatable bonds is 2. The fourth-order valence-corrected chi connectivity index (χ4v) is 1.26. The molecule has 0 aliphatic rings. The van der Waals surface area contributed by atoms with E-state index in [2.05, 4.69) is 4.98 Å². The highest BCUT2D eigenvalue weighted by molar-refractivity contribution is 6.30. The quantitative estimate of drug-likeness (QED) is 0.665. The van der Waals surface area contributed by atoms with Crippen LogP contribution in [0.2, 0.25) is 5.15 Å². The first-order valence-electron chi connectivity index (χ1n) is 3.93. The lowest BCUT2D eigenvalue weighted by atomic mass is 10.1. The first-order valence-corrected chi connectivity index (χ1v) is 4.31. The average Bonchev–Trinajstić information content (AvgIpc) is 2.14. The van der Waals surface area contributed by atoms with Crippen LogP contribution in [0, 0.1) is 0 Å². The van der Waals surface area contributed by atoms with E-state index in [1.54, 1.807) is 0 Å². The number of carbonyl (C=O) groups is 1. The Balaban J connectivity index is 3.53. The molecule has 0 aliphatic heterocycles. The summed E-state index contributed by atoms with van der Waals surface area (Å²) in [6, 6.07) is 0.172. The van der Waals surface area contributed by atoms with Crippen molar-refractivity contribution >= 4 is 17.6 Å². The Kier molecular flexibility index (Phi) is 3.56. The van der Waals surface area contributed by atoms with Crippen molar-refractivity contribution in [3.63, 3.8) is 0 Å². The highest BCUT2D eigenvalue weighted by Crippen LogP contribution is 2.35. The number of nitrogens with zero attached hydrogens (tertiary/aromatic N) is 1. The van der Waals surface area contributed by atoms with Crippen LogP contribution in [0.5, 0.6) is 0 Å². The van der Waals surface area contributed by atoms with Crippen LogP contribution in [0.1, 0.15) is 28.0 Å². The third kappa shape index (κ3) is 2.82. The molecule has 1 N–H and O–H groups in total. The molecule has 17 heavy (non-hydrogen) atoms. The number of alkyl halides is 5. The van der Waals surface area contributed by atoms with Crippen LogP contribution in [-0.2, 0) is 6.18 Å². The molecule has 0 aliphatic carbocycles. The molecule has 1 aromatic rings. The Hall–Kier alpha value is -1.44. The molecule has 0 saturated heterocycles. The molecule has 1 rings (SSSR count). The normalized spacial score (nSPS) is 11.9. The first kappa shape index (κ1) is 13.6. The van der Waals surface area contributed by atoms with Gasteiger partial charge in [0.1, 0.15) is 5.15 Å². The maximum absolute atomic E-state index is 12.3. The first-order chi connectivity index (χ1) is 7.64. The lowest BCUT2D eigenvalue weighted by Crippen LogP contribution is -2.16. The van der Waals surface area contributed by atoms with E-state index in [0.717, 1.165) is 0 Å². The van der Waals surface area contributed by atoms with Gasteiger partial charge in [-0.2, -0.15) is 13.2 Å². The van der Waals surface area contributed by atoms with Crippen LogP contribution >= 0.6 is 11.6 Å². The Morgan fingerprint density at radius 2 is 1.94 bits per heavy atom. The minimum Gasteiger partial charge on any atom is -0.478 e. The van der Waals surface area contributed by atoms with Gasteiger partial charge in [0.15, 0.2) is 5.69 Å². The number of aromatic nitrogens is 1. The SMILES string of the molecule is O=C(O)c1cc(C(F)F)c(Cl)nc1C(F)(F)F. The summed E-state index contributed by atoms with van der Waals surface area (Å²) in [5, 5.41) is 7.43. The van der Waals surface area contributed by atoms with E-state index in [0.29, 0.717) is 0 Å². The molecule has 0 bridgehead atoms. The third-order valence-corrected chi connectivity index (χ3v) is 2.04. The molecule has 0 unspecified atom stereocenters. The number of hydrogen-bond acceptors (Lipinski definition) is 2. The molecule has 0 fully saturated rings. The number of carboxylic acids is 1. The molecule has 9 heteroatoms. The fourth-order valence-electron chi connectivity index (χ4n) is 1.04. The number of aromatic carboxylic acids is 1. The van der Waals surface area contributed by atoms with Gasteiger partial charge in [-0.3, -0.25) is 0 Å². The van der Waals surface area contributed by atoms with Crippen molar-refractivity contribution in [2.24, 2.45) is 0 Å². The highest BCUT2D eigenvalue weighted by Gasteiger charge is 2.38. The topological polar surface area (TPSA) is 50.2 Å². The van der Waals surface area contributed by atoms with E-state index in [1.165, 1.54) is 0 Å². The van der Waals surface area contributed by atoms with Crippen molar-refractivity contribution in [2.75, 3.05) is 0 Å². The van der Waals surface area contributed by atoms with Crippen molar-refractivity contribution in [1.29, 1.82) is 0 Å². The zero-order valence-corrected chi connectivity index (χ0v) is 8.48. The van der Waals surface area contributed by atoms with Crippen LogP contribution in [-0.4, -0.2) is 16.1 Å². The molecule has 0 saturated carbocycles. The summed E-state index contributed by atoms with van der Waals surface area (Å²) in [4.78, 5) is 13.2. The predicted octanol–water partition coefficient (Wildman–Crippen LogP) is 3.39. The zero-order chi connectivity index (χ0) is 13.4. The summed E-state index contributed by atoms with van der Waals surface area (Å²) < 4.78 is 61.7. The van der Waals surface area contributed by atoms with Crippen LogP contribution < -0.4 is 0 Å². The smallest absolute Gasteiger partial charge is 0.434 e. The largest absolute Gasteiger partial charge is 0.478 e.